The van der Waals surface area contributed by atoms with E-state index in [0.717, 1.165) is 11.4 Å². The predicted octanol–water partition coefficient (Wildman–Crippen LogP) is 2.16. The van der Waals surface area contributed by atoms with Gasteiger partial charge in [-0.25, -0.2) is 0 Å². The van der Waals surface area contributed by atoms with Crippen molar-refractivity contribution in [2.24, 2.45) is 0 Å². The molecule has 2 heterocycles. The van der Waals surface area contributed by atoms with E-state index >= 15 is 0 Å². The van der Waals surface area contributed by atoms with Crippen LogP contribution in [0, 0.1) is 0 Å². The van der Waals surface area contributed by atoms with Gasteiger partial charge in [0.1, 0.15) is 11.5 Å². The Labute approximate surface area is 133 Å². The summed E-state index contributed by atoms with van der Waals surface area (Å²) in [6, 6.07) is 11.3. The molecule has 0 atom stereocenters. The summed E-state index contributed by atoms with van der Waals surface area (Å²) in [5.41, 5.74) is 1.93. The Hall–Kier alpha value is -3.09. The fourth-order valence-corrected chi connectivity index (χ4v) is 2.09. The summed E-state index contributed by atoms with van der Waals surface area (Å²) in [7, 11) is 3.95. The van der Waals surface area contributed by atoms with Gasteiger partial charge >= 0.3 is 0 Å². The molecule has 0 fully saturated rings. The van der Waals surface area contributed by atoms with Gasteiger partial charge in [-0.05, 0) is 36.4 Å². The highest BCUT2D eigenvalue weighted by molar-refractivity contribution is 5.58. The molecular formula is C16H17N5O2. The summed E-state index contributed by atoms with van der Waals surface area (Å²) in [4.78, 5) is 16.7. The molecule has 0 spiro atoms. The number of anilines is 3. The van der Waals surface area contributed by atoms with Gasteiger partial charge in [-0.1, -0.05) is 0 Å². The van der Waals surface area contributed by atoms with Gasteiger partial charge in [0.05, 0.1) is 12.7 Å². The quantitative estimate of drug-likeness (QED) is 0.751. The normalized spacial score (nSPS) is 10.5. The van der Waals surface area contributed by atoms with Gasteiger partial charge in [0.2, 0.25) is 5.95 Å². The van der Waals surface area contributed by atoms with Crippen LogP contribution in [-0.4, -0.2) is 29.3 Å². The molecule has 0 aliphatic heterocycles. The van der Waals surface area contributed by atoms with Crippen LogP contribution in [0.5, 0.6) is 0 Å². The number of H-pyrrole nitrogens is 1. The van der Waals surface area contributed by atoms with E-state index in [2.05, 4.69) is 20.5 Å². The van der Waals surface area contributed by atoms with Crippen molar-refractivity contribution >= 4 is 17.3 Å². The molecule has 0 amide bonds. The monoisotopic (exact) mass is 311 g/mol. The first kappa shape index (κ1) is 14.8. The molecule has 0 unspecified atom stereocenters. The third kappa shape index (κ3) is 3.57. The molecule has 0 aliphatic rings. The van der Waals surface area contributed by atoms with Crippen LogP contribution in [0.15, 0.2) is 51.9 Å². The largest absolute Gasteiger partial charge is 0.469 e. The Kier molecular flexibility index (Phi) is 4.09. The second-order valence-corrected chi connectivity index (χ2v) is 5.27. The van der Waals surface area contributed by atoms with Crippen LogP contribution in [0.25, 0.3) is 0 Å². The molecule has 2 N–H and O–H groups in total. The molecule has 7 nitrogen and oxygen atoms in total. The van der Waals surface area contributed by atoms with Crippen molar-refractivity contribution in [3.8, 4) is 0 Å². The van der Waals surface area contributed by atoms with Crippen LogP contribution in [0.4, 0.5) is 17.3 Å². The first-order valence-corrected chi connectivity index (χ1v) is 7.14. The van der Waals surface area contributed by atoms with Gasteiger partial charge in [0.25, 0.3) is 5.56 Å². The average Bonchev–Trinajstić information content (AvgIpc) is 3.04. The van der Waals surface area contributed by atoms with Crippen molar-refractivity contribution in [2.75, 3.05) is 24.3 Å². The fraction of sp³-hybridized carbons (Fsp3) is 0.188. The number of nitrogens with zero attached hydrogens (tertiary/aromatic N) is 3. The maximum absolute atomic E-state index is 12.1. The minimum atomic E-state index is -0.288. The van der Waals surface area contributed by atoms with E-state index < -0.39 is 0 Å². The summed E-state index contributed by atoms with van der Waals surface area (Å²) in [5, 5.41) is 11.0. The average molecular weight is 311 g/mol. The molecule has 2 aromatic heterocycles. The first-order valence-electron chi connectivity index (χ1n) is 7.14. The van der Waals surface area contributed by atoms with Crippen molar-refractivity contribution in [1.82, 2.24) is 15.2 Å². The second kappa shape index (κ2) is 6.35. The first-order chi connectivity index (χ1) is 11.1. The maximum Gasteiger partial charge on any atom is 0.274 e. The van der Waals surface area contributed by atoms with Crippen molar-refractivity contribution in [2.45, 2.75) is 6.42 Å². The van der Waals surface area contributed by atoms with E-state index in [4.69, 9.17) is 4.42 Å². The Morgan fingerprint density at radius 3 is 2.57 bits per heavy atom. The summed E-state index contributed by atoms with van der Waals surface area (Å²) in [5.74, 6) is 0.973. The molecule has 0 saturated heterocycles. The van der Waals surface area contributed by atoms with Crippen LogP contribution in [-0.2, 0) is 6.42 Å². The number of aromatic nitrogens is 3. The number of benzene rings is 1. The summed E-state index contributed by atoms with van der Waals surface area (Å²) in [6.07, 6.45) is 1.87. The zero-order chi connectivity index (χ0) is 16.2. The molecule has 0 bridgehead atoms. The summed E-state index contributed by atoms with van der Waals surface area (Å²) in [6.45, 7) is 0. The van der Waals surface area contributed by atoms with Crippen molar-refractivity contribution in [1.29, 1.82) is 0 Å². The Bertz CT molecular complexity index is 822. The highest BCUT2D eigenvalue weighted by atomic mass is 16.3. The molecular weight excluding hydrogens is 294 g/mol. The number of aromatic amines is 1. The lowest BCUT2D eigenvalue weighted by atomic mass is 10.2. The molecule has 0 saturated carbocycles. The highest BCUT2D eigenvalue weighted by Gasteiger charge is 2.08. The van der Waals surface area contributed by atoms with Crippen LogP contribution in [0.2, 0.25) is 0 Å². The number of furan rings is 1. The zero-order valence-electron chi connectivity index (χ0n) is 12.9. The third-order valence-corrected chi connectivity index (χ3v) is 3.33. The Balaban J connectivity index is 1.73. The molecule has 0 aliphatic carbocycles. The van der Waals surface area contributed by atoms with Gasteiger partial charge in [-0.2, -0.15) is 0 Å². The Morgan fingerprint density at radius 2 is 1.96 bits per heavy atom. The molecule has 0 radical (unpaired) electrons. The van der Waals surface area contributed by atoms with Crippen LogP contribution in [0.3, 0.4) is 0 Å². The van der Waals surface area contributed by atoms with E-state index in [1.54, 1.807) is 18.4 Å². The van der Waals surface area contributed by atoms with E-state index in [-0.39, 0.29) is 5.56 Å². The fourth-order valence-electron chi connectivity index (χ4n) is 2.09. The lowest BCUT2D eigenvalue weighted by Crippen LogP contribution is -2.18. The number of hydrogen-bond acceptors (Lipinski definition) is 6. The van der Waals surface area contributed by atoms with Crippen LogP contribution >= 0.6 is 0 Å². The van der Waals surface area contributed by atoms with Crippen LogP contribution < -0.4 is 15.8 Å². The minimum absolute atomic E-state index is 0.288. The number of rotatable bonds is 5. The van der Waals surface area contributed by atoms with Crippen molar-refractivity contribution in [3.05, 3.63) is 64.5 Å². The third-order valence-electron chi connectivity index (χ3n) is 3.33. The summed E-state index contributed by atoms with van der Waals surface area (Å²) < 4.78 is 5.21. The molecule has 3 rings (SSSR count). The second-order valence-electron chi connectivity index (χ2n) is 5.27. The van der Waals surface area contributed by atoms with Gasteiger partial charge in [-0.15, -0.1) is 10.2 Å². The smallest absolute Gasteiger partial charge is 0.274 e. The van der Waals surface area contributed by atoms with Gasteiger partial charge in [-0.3, -0.25) is 9.78 Å². The number of hydrogen-bond donors (Lipinski definition) is 2. The van der Waals surface area contributed by atoms with Gasteiger partial charge < -0.3 is 14.6 Å². The molecule has 3 aromatic rings. The lowest BCUT2D eigenvalue weighted by molar-refractivity contribution is 0.517. The van der Waals surface area contributed by atoms with Gasteiger partial charge in [0, 0.05) is 25.5 Å². The Morgan fingerprint density at radius 1 is 1.17 bits per heavy atom. The number of nitrogens with one attached hydrogen (secondary N) is 2. The molecule has 1 aromatic carbocycles. The zero-order valence-corrected chi connectivity index (χ0v) is 12.9. The van der Waals surface area contributed by atoms with Crippen molar-refractivity contribution in [3.63, 3.8) is 0 Å². The van der Waals surface area contributed by atoms with E-state index in [1.807, 2.05) is 43.3 Å². The topological polar surface area (TPSA) is 87.0 Å². The van der Waals surface area contributed by atoms with E-state index in [1.165, 1.54) is 0 Å². The SMILES string of the molecule is CN(C)c1ccc(Nc2nnc(Cc3ccco3)c(=O)[nH]2)cc1. The standard InChI is InChI=1S/C16H17N5O2/c1-21(2)12-7-5-11(6-8-12)17-16-18-15(22)14(19-20-16)10-13-4-3-9-23-13/h3-9H,10H2,1-2H3,(H2,17,18,20,22). The molecule has 23 heavy (non-hydrogen) atoms. The van der Waals surface area contributed by atoms with E-state index in [0.29, 0.717) is 23.8 Å². The maximum atomic E-state index is 12.1. The minimum Gasteiger partial charge on any atom is -0.469 e. The van der Waals surface area contributed by atoms with Gasteiger partial charge in [0.15, 0.2) is 0 Å². The lowest BCUT2D eigenvalue weighted by Gasteiger charge is -2.13. The molecule has 118 valence electrons. The summed E-state index contributed by atoms with van der Waals surface area (Å²) >= 11 is 0. The van der Waals surface area contributed by atoms with E-state index in [9.17, 15) is 4.79 Å². The molecule has 7 heteroatoms. The predicted molar refractivity (Wildman–Crippen MR) is 88.2 cm³/mol. The highest BCUT2D eigenvalue weighted by Crippen LogP contribution is 2.17. The van der Waals surface area contributed by atoms with Crippen LogP contribution in [0.1, 0.15) is 11.5 Å². The van der Waals surface area contributed by atoms with Crippen molar-refractivity contribution < 1.29 is 4.42 Å².